The van der Waals surface area contributed by atoms with Crippen molar-refractivity contribution in [1.29, 1.82) is 0 Å². The summed E-state index contributed by atoms with van der Waals surface area (Å²) in [6.45, 7) is 9.89. The minimum atomic E-state index is 0.459. The van der Waals surface area contributed by atoms with E-state index in [2.05, 4.69) is 26.1 Å². The van der Waals surface area contributed by atoms with E-state index in [0.717, 1.165) is 26.1 Å². The summed E-state index contributed by atoms with van der Waals surface area (Å²) in [6.07, 6.45) is 3.60. The Morgan fingerprint density at radius 1 is 1.08 bits per heavy atom. The van der Waals surface area contributed by atoms with Gasteiger partial charge in [-0.25, -0.2) is 0 Å². The normalized spacial score (nSPS) is 12.0. The van der Waals surface area contributed by atoms with Gasteiger partial charge in [0.1, 0.15) is 0 Å². The van der Waals surface area contributed by atoms with E-state index in [-0.39, 0.29) is 0 Å². The van der Waals surface area contributed by atoms with Crippen LogP contribution in [0.3, 0.4) is 0 Å². The number of rotatable bonds is 6. The van der Waals surface area contributed by atoms with Gasteiger partial charge < -0.3 is 11.1 Å². The Morgan fingerprint density at radius 3 is 2.25 bits per heavy atom. The molecular weight excluding hydrogens is 148 g/mol. The van der Waals surface area contributed by atoms with Crippen LogP contribution < -0.4 is 11.1 Å². The van der Waals surface area contributed by atoms with Crippen LogP contribution in [0.1, 0.15) is 40.0 Å². The first-order valence-corrected chi connectivity index (χ1v) is 4.97. The van der Waals surface area contributed by atoms with Gasteiger partial charge in [0.25, 0.3) is 0 Å². The molecule has 2 heteroatoms. The van der Waals surface area contributed by atoms with Gasteiger partial charge >= 0.3 is 0 Å². The van der Waals surface area contributed by atoms with Crippen molar-refractivity contribution in [2.24, 2.45) is 11.1 Å². The highest BCUT2D eigenvalue weighted by atomic mass is 14.8. The van der Waals surface area contributed by atoms with E-state index in [4.69, 9.17) is 5.73 Å². The van der Waals surface area contributed by atoms with E-state index in [1.165, 1.54) is 12.8 Å². The summed E-state index contributed by atoms with van der Waals surface area (Å²) >= 11 is 0. The molecule has 0 aliphatic carbocycles. The van der Waals surface area contributed by atoms with Gasteiger partial charge in [-0.1, -0.05) is 20.8 Å². The second-order valence-electron chi connectivity index (χ2n) is 4.56. The zero-order valence-corrected chi connectivity index (χ0v) is 8.82. The maximum absolute atomic E-state index is 5.38. The van der Waals surface area contributed by atoms with E-state index in [1.54, 1.807) is 0 Å². The van der Waals surface area contributed by atoms with Gasteiger partial charge in [0, 0.05) is 0 Å². The van der Waals surface area contributed by atoms with Crippen LogP contribution in [0.15, 0.2) is 0 Å². The Bertz CT molecular complexity index is 94.5. The Labute approximate surface area is 76.9 Å². The molecule has 0 atom stereocenters. The SMILES string of the molecule is CC(C)(C)CCNCCCCN. The largest absolute Gasteiger partial charge is 0.330 e. The summed E-state index contributed by atoms with van der Waals surface area (Å²) in [5.41, 5.74) is 5.84. The molecule has 0 aromatic rings. The fourth-order valence-corrected chi connectivity index (χ4v) is 0.983. The number of nitrogens with two attached hydrogens (primary N) is 1. The molecule has 0 fully saturated rings. The standard InChI is InChI=1S/C10H24N2/c1-10(2,3)6-9-12-8-5-4-7-11/h12H,4-9,11H2,1-3H3. The summed E-state index contributed by atoms with van der Waals surface area (Å²) in [7, 11) is 0. The van der Waals surface area contributed by atoms with E-state index >= 15 is 0 Å². The van der Waals surface area contributed by atoms with Gasteiger partial charge in [0.15, 0.2) is 0 Å². The Balaban J connectivity index is 3.01. The molecule has 0 aromatic carbocycles. The molecule has 0 saturated carbocycles. The first-order chi connectivity index (χ1) is 5.56. The molecule has 0 heterocycles. The minimum absolute atomic E-state index is 0.459. The smallest absolute Gasteiger partial charge is 0.00439 e. The fraction of sp³-hybridized carbons (Fsp3) is 1.00. The summed E-state index contributed by atoms with van der Waals surface area (Å²) < 4.78 is 0. The molecule has 0 amide bonds. The molecule has 0 aromatic heterocycles. The van der Waals surface area contributed by atoms with Gasteiger partial charge in [-0.2, -0.15) is 0 Å². The van der Waals surface area contributed by atoms with Crippen molar-refractivity contribution < 1.29 is 0 Å². The van der Waals surface area contributed by atoms with E-state index in [9.17, 15) is 0 Å². The third kappa shape index (κ3) is 9.92. The summed E-state index contributed by atoms with van der Waals surface area (Å²) in [4.78, 5) is 0. The van der Waals surface area contributed by atoms with Crippen LogP contribution >= 0.6 is 0 Å². The van der Waals surface area contributed by atoms with Crippen molar-refractivity contribution in [2.45, 2.75) is 40.0 Å². The third-order valence-corrected chi connectivity index (χ3v) is 1.86. The van der Waals surface area contributed by atoms with Crippen LogP contribution in [-0.4, -0.2) is 19.6 Å². The number of unbranched alkanes of at least 4 members (excludes halogenated alkanes) is 1. The highest BCUT2D eigenvalue weighted by molar-refractivity contribution is 4.62. The molecule has 0 rings (SSSR count). The molecule has 0 bridgehead atoms. The second kappa shape index (κ2) is 6.44. The lowest BCUT2D eigenvalue weighted by molar-refractivity contribution is 0.366. The van der Waals surface area contributed by atoms with Crippen LogP contribution in [0.2, 0.25) is 0 Å². The first kappa shape index (κ1) is 11.9. The zero-order valence-electron chi connectivity index (χ0n) is 8.82. The molecule has 0 unspecified atom stereocenters. The Hall–Kier alpha value is -0.0800. The van der Waals surface area contributed by atoms with Gasteiger partial charge in [0.05, 0.1) is 0 Å². The molecule has 74 valence electrons. The quantitative estimate of drug-likeness (QED) is 0.599. The van der Waals surface area contributed by atoms with Gasteiger partial charge in [0.2, 0.25) is 0 Å². The van der Waals surface area contributed by atoms with Gasteiger partial charge in [-0.3, -0.25) is 0 Å². The lowest BCUT2D eigenvalue weighted by Crippen LogP contribution is -2.21. The predicted octanol–water partition coefficient (Wildman–Crippen LogP) is 1.75. The lowest BCUT2D eigenvalue weighted by Gasteiger charge is -2.17. The molecular formula is C10H24N2. The van der Waals surface area contributed by atoms with E-state index in [0.29, 0.717) is 5.41 Å². The monoisotopic (exact) mass is 172 g/mol. The average molecular weight is 172 g/mol. The number of hydrogen-bond acceptors (Lipinski definition) is 2. The average Bonchev–Trinajstić information content (AvgIpc) is 1.94. The molecule has 0 radical (unpaired) electrons. The Morgan fingerprint density at radius 2 is 1.75 bits per heavy atom. The first-order valence-electron chi connectivity index (χ1n) is 4.97. The third-order valence-electron chi connectivity index (χ3n) is 1.86. The maximum Gasteiger partial charge on any atom is -0.00439 e. The van der Waals surface area contributed by atoms with Crippen LogP contribution in [0, 0.1) is 5.41 Å². The van der Waals surface area contributed by atoms with Crippen LogP contribution in [0.25, 0.3) is 0 Å². The molecule has 0 spiro atoms. The molecule has 0 aliphatic heterocycles. The predicted molar refractivity (Wildman–Crippen MR) is 55.2 cm³/mol. The van der Waals surface area contributed by atoms with Crippen molar-refractivity contribution in [3.63, 3.8) is 0 Å². The van der Waals surface area contributed by atoms with Gasteiger partial charge in [-0.15, -0.1) is 0 Å². The van der Waals surface area contributed by atoms with E-state index < -0.39 is 0 Å². The number of nitrogens with one attached hydrogen (secondary N) is 1. The highest BCUT2D eigenvalue weighted by Crippen LogP contribution is 2.16. The topological polar surface area (TPSA) is 38.0 Å². The Kier molecular flexibility index (Phi) is 6.39. The summed E-state index contributed by atoms with van der Waals surface area (Å²) in [5, 5.41) is 3.42. The molecule has 0 saturated heterocycles. The van der Waals surface area contributed by atoms with Crippen molar-refractivity contribution in [2.75, 3.05) is 19.6 Å². The van der Waals surface area contributed by atoms with Crippen molar-refractivity contribution in [3.8, 4) is 0 Å². The molecule has 12 heavy (non-hydrogen) atoms. The second-order valence-corrected chi connectivity index (χ2v) is 4.56. The van der Waals surface area contributed by atoms with Crippen molar-refractivity contribution >= 4 is 0 Å². The van der Waals surface area contributed by atoms with Crippen molar-refractivity contribution in [3.05, 3.63) is 0 Å². The maximum atomic E-state index is 5.38. The summed E-state index contributed by atoms with van der Waals surface area (Å²) in [5.74, 6) is 0. The lowest BCUT2D eigenvalue weighted by atomic mass is 9.92. The van der Waals surface area contributed by atoms with Gasteiger partial charge in [-0.05, 0) is 44.3 Å². The minimum Gasteiger partial charge on any atom is -0.330 e. The number of hydrogen-bond donors (Lipinski definition) is 2. The highest BCUT2D eigenvalue weighted by Gasteiger charge is 2.08. The molecule has 3 N–H and O–H groups in total. The van der Waals surface area contributed by atoms with Crippen molar-refractivity contribution in [1.82, 2.24) is 5.32 Å². The van der Waals surface area contributed by atoms with E-state index in [1.807, 2.05) is 0 Å². The molecule has 2 nitrogen and oxygen atoms in total. The fourth-order valence-electron chi connectivity index (χ4n) is 0.983. The molecule has 0 aliphatic rings. The van der Waals surface area contributed by atoms with Crippen LogP contribution in [-0.2, 0) is 0 Å². The van der Waals surface area contributed by atoms with Crippen LogP contribution in [0.5, 0.6) is 0 Å². The van der Waals surface area contributed by atoms with Crippen LogP contribution in [0.4, 0.5) is 0 Å². The zero-order chi connectivity index (χ0) is 9.45. The summed E-state index contributed by atoms with van der Waals surface area (Å²) in [6, 6.07) is 0.